The summed E-state index contributed by atoms with van der Waals surface area (Å²) in [6, 6.07) is 2.05. The summed E-state index contributed by atoms with van der Waals surface area (Å²) >= 11 is 1.60. The van der Waals surface area contributed by atoms with Crippen molar-refractivity contribution in [2.24, 2.45) is 11.1 Å². The largest absolute Gasteiger partial charge is 0.369 e. The molecular weight excluding hydrogens is 274 g/mol. The summed E-state index contributed by atoms with van der Waals surface area (Å²) in [7, 11) is 0. The lowest BCUT2D eigenvalue weighted by Crippen LogP contribution is -2.37. The molecule has 20 heavy (non-hydrogen) atoms. The first-order valence-corrected chi connectivity index (χ1v) is 7.25. The van der Waals surface area contributed by atoms with Crippen LogP contribution in [-0.2, 0) is 11.2 Å². The third-order valence-electron chi connectivity index (χ3n) is 3.17. The molecule has 0 saturated carbocycles. The number of nitrogens with two attached hydrogens (primary N) is 2. The van der Waals surface area contributed by atoms with E-state index in [1.54, 1.807) is 25.2 Å². The Bertz CT molecular complexity index is 649. The van der Waals surface area contributed by atoms with Crippen LogP contribution in [0.2, 0.25) is 0 Å². The summed E-state index contributed by atoms with van der Waals surface area (Å²) in [6.45, 7) is 6.06. The molecule has 0 bridgehead atoms. The van der Waals surface area contributed by atoms with E-state index in [0.717, 1.165) is 16.6 Å². The van der Waals surface area contributed by atoms with E-state index in [1.807, 2.05) is 0 Å². The van der Waals surface area contributed by atoms with Crippen molar-refractivity contribution in [1.82, 2.24) is 9.97 Å². The van der Waals surface area contributed by atoms with Crippen LogP contribution in [0.15, 0.2) is 6.07 Å². The average Bonchev–Trinajstić information content (AvgIpc) is 2.78. The Hall–Kier alpha value is -1.89. The molecule has 0 spiro atoms. The fourth-order valence-corrected chi connectivity index (χ4v) is 2.66. The maximum atomic E-state index is 11.4. The molecule has 0 unspecified atom stereocenters. The molecule has 0 saturated heterocycles. The van der Waals surface area contributed by atoms with Crippen LogP contribution < -0.4 is 16.8 Å². The molecule has 0 atom stereocenters. The number of aryl methyl sites for hydroxylation is 1. The number of carbonyl (C=O) groups is 1. The van der Waals surface area contributed by atoms with Gasteiger partial charge in [-0.05, 0) is 26.3 Å². The van der Waals surface area contributed by atoms with E-state index in [0.29, 0.717) is 12.4 Å². The first-order valence-electron chi connectivity index (χ1n) is 6.43. The lowest BCUT2D eigenvalue weighted by Gasteiger charge is -2.21. The Morgan fingerprint density at radius 2 is 2.15 bits per heavy atom. The molecule has 1 amide bonds. The van der Waals surface area contributed by atoms with Crippen molar-refractivity contribution in [1.29, 1.82) is 0 Å². The molecule has 2 heterocycles. The summed E-state index contributed by atoms with van der Waals surface area (Å²) in [6.07, 6.45) is 0.938. The number of nitrogens with one attached hydrogen (secondary N) is 1. The van der Waals surface area contributed by atoms with Gasteiger partial charge in [0.15, 0.2) is 0 Å². The number of hydrogen-bond acceptors (Lipinski definition) is 6. The molecular formula is C13H19N5OS. The maximum Gasteiger partial charge on any atom is 0.224 e. The SMILES string of the molecule is CCc1cc2c(NCC(C)(C)C(N)=O)nc(N)nc2s1. The molecule has 0 radical (unpaired) electrons. The summed E-state index contributed by atoms with van der Waals surface area (Å²) in [5.74, 6) is 0.516. The van der Waals surface area contributed by atoms with Crippen LogP contribution in [0.1, 0.15) is 25.6 Å². The molecule has 5 N–H and O–H groups in total. The first-order chi connectivity index (χ1) is 9.33. The lowest BCUT2D eigenvalue weighted by molar-refractivity contribution is -0.125. The Kier molecular flexibility index (Phi) is 3.80. The number of fused-ring (bicyclic) bond motifs is 1. The van der Waals surface area contributed by atoms with Crippen LogP contribution >= 0.6 is 11.3 Å². The van der Waals surface area contributed by atoms with E-state index >= 15 is 0 Å². The number of primary amides is 1. The number of hydrogen-bond donors (Lipinski definition) is 3. The minimum absolute atomic E-state index is 0.224. The third-order valence-corrected chi connectivity index (χ3v) is 4.35. The molecule has 2 aromatic heterocycles. The van der Waals surface area contributed by atoms with Crippen LogP contribution in [0.25, 0.3) is 10.2 Å². The predicted molar refractivity (Wildman–Crippen MR) is 82.7 cm³/mol. The smallest absolute Gasteiger partial charge is 0.224 e. The van der Waals surface area contributed by atoms with Crippen molar-refractivity contribution in [3.8, 4) is 0 Å². The van der Waals surface area contributed by atoms with Crippen molar-refractivity contribution in [3.05, 3.63) is 10.9 Å². The van der Waals surface area contributed by atoms with E-state index < -0.39 is 5.41 Å². The van der Waals surface area contributed by atoms with E-state index in [9.17, 15) is 4.79 Å². The van der Waals surface area contributed by atoms with Crippen LogP contribution in [0.3, 0.4) is 0 Å². The van der Waals surface area contributed by atoms with Gasteiger partial charge in [0.25, 0.3) is 0 Å². The summed E-state index contributed by atoms with van der Waals surface area (Å²) < 4.78 is 0. The highest BCUT2D eigenvalue weighted by molar-refractivity contribution is 7.18. The van der Waals surface area contributed by atoms with Gasteiger partial charge >= 0.3 is 0 Å². The van der Waals surface area contributed by atoms with Crippen molar-refractivity contribution in [2.45, 2.75) is 27.2 Å². The molecule has 0 aliphatic carbocycles. The monoisotopic (exact) mass is 293 g/mol. The van der Waals surface area contributed by atoms with Gasteiger partial charge in [0.2, 0.25) is 11.9 Å². The Labute approximate surface area is 121 Å². The number of aromatic nitrogens is 2. The molecule has 7 heteroatoms. The fraction of sp³-hybridized carbons (Fsp3) is 0.462. The van der Waals surface area contributed by atoms with Gasteiger partial charge in [-0.1, -0.05) is 6.92 Å². The highest BCUT2D eigenvalue weighted by Gasteiger charge is 2.25. The van der Waals surface area contributed by atoms with Crippen molar-refractivity contribution in [2.75, 3.05) is 17.6 Å². The van der Waals surface area contributed by atoms with Crippen molar-refractivity contribution < 1.29 is 4.79 Å². The summed E-state index contributed by atoms with van der Waals surface area (Å²) in [5, 5.41) is 4.09. The zero-order chi connectivity index (χ0) is 14.9. The van der Waals surface area contributed by atoms with E-state index in [1.165, 1.54) is 4.88 Å². The van der Waals surface area contributed by atoms with E-state index in [2.05, 4.69) is 28.3 Å². The summed E-state index contributed by atoms with van der Waals surface area (Å²) in [5.41, 5.74) is 10.4. The molecule has 108 valence electrons. The zero-order valence-corrected chi connectivity index (χ0v) is 12.7. The molecule has 2 aromatic rings. The zero-order valence-electron chi connectivity index (χ0n) is 11.9. The second-order valence-corrected chi connectivity index (χ2v) is 6.43. The predicted octanol–water partition coefficient (Wildman–Crippen LogP) is 1.76. The van der Waals surface area contributed by atoms with Crippen molar-refractivity contribution >= 4 is 39.2 Å². The molecule has 2 rings (SSSR count). The fourth-order valence-electron chi connectivity index (χ4n) is 1.69. The minimum Gasteiger partial charge on any atom is -0.369 e. The normalized spacial score (nSPS) is 11.8. The highest BCUT2D eigenvalue weighted by Crippen LogP contribution is 2.30. The second kappa shape index (κ2) is 5.24. The topological polar surface area (TPSA) is 107 Å². The Morgan fingerprint density at radius 1 is 1.45 bits per heavy atom. The number of anilines is 2. The minimum atomic E-state index is -0.657. The number of nitrogen functional groups attached to an aromatic ring is 1. The third kappa shape index (κ3) is 2.82. The second-order valence-electron chi connectivity index (χ2n) is 5.32. The van der Waals surface area contributed by atoms with Crippen LogP contribution in [-0.4, -0.2) is 22.4 Å². The molecule has 0 aliphatic rings. The average molecular weight is 293 g/mol. The lowest BCUT2D eigenvalue weighted by atomic mass is 9.93. The molecule has 0 aliphatic heterocycles. The van der Waals surface area contributed by atoms with Crippen LogP contribution in [0.5, 0.6) is 0 Å². The molecule has 6 nitrogen and oxygen atoms in total. The Morgan fingerprint density at radius 3 is 2.75 bits per heavy atom. The number of carbonyl (C=O) groups excluding carboxylic acids is 1. The molecule has 0 aromatic carbocycles. The Balaban J connectivity index is 2.34. The number of nitrogens with zero attached hydrogens (tertiary/aromatic N) is 2. The summed E-state index contributed by atoms with van der Waals surface area (Å²) in [4.78, 5) is 21.9. The van der Waals surface area contributed by atoms with Gasteiger partial charge < -0.3 is 16.8 Å². The molecule has 0 fully saturated rings. The maximum absolute atomic E-state index is 11.4. The standard InChI is InChI=1S/C13H19N5OS/c1-4-7-5-8-9(16-6-13(2,3)11(14)19)17-12(15)18-10(8)20-7/h5H,4,6H2,1-3H3,(H2,14,19)(H3,15,16,17,18). The van der Waals surface area contributed by atoms with Crippen LogP contribution in [0, 0.1) is 5.41 Å². The van der Waals surface area contributed by atoms with Gasteiger partial charge in [-0.2, -0.15) is 4.98 Å². The number of rotatable bonds is 5. The first kappa shape index (κ1) is 14.5. The van der Waals surface area contributed by atoms with Gasteiger partial charge in [-0.15, -0.1) is 11.3 Å². The number of thiophene rings is 1. The van der Waals surface area contributed by atoms with Gasteiger partial charge in [-0.25, -0.2) is 4.98 Å². The van der Waals surface area contributed by atoms with Crippen LogP contribution in [0.4, 0.5) is 11.8 Å². The van der Waals surface area contributed by atoms with E-state index in [4.69, 9.17) is 11.5 Å². The number of amides is 1. The van der Waals surface area contributed by atoms with Gasteiger partial charge in [-0.3, -0.25) is 4.79 Å². The van der Waals surface area contributed by atoms with E-state index in [-0.39, 0.29) is 11.9 Å². The highest BCUT2D eigenvalue weighted by atomic mass is 32.1. The van der Waals surface area contributed by atoms with Gasteiger partial charge in [0, 0.05) is 11.4 Å². The quantitative estimate of drug-likeness (QED) is 0.778. The van der Waals surface area contributed by atoms with Gasteiger partial charge in [0.05, 0.1) is 10.8 Å². The van der Waals surface area contributed by atoms with Crippen molar-refractivity contribution in [3.63, 3.8) is 0 Å². The van der Waals surface area contributed by atoms with Gasteiger partial charge in [0.1, 0.15) is 10.6 Å².